The number of hydrogen-bond donors (Lipinski definition) is 3. The first kappa shape index (κ1) is 12.1. The van der Waals surface area contributed by atoms with Gasteiger partial charge in [0.15, 0.2) is 0 Å². The Bertz CT molecular complexity index is 400. The van der Waals surface area contributed by atoms with Gasteiger partial charge in [-0.3, -0.25) is 0 Å². The summed E-state index contributed by atoms with van der Waals surface area (Å²) in [6.45, 7) is 0.914. The first-order valence-corrected chi connectivity index (χ1v) is 6.07. The summed E-state index contributed by atoms with van der Waals surface area (Å²) in [5.41, 5.74) is 11.5. The van der Waals surface area contributed by atoms with Crippen LogP contribution in [0.3, 0.4) is 0 Å². The molecular formula is C9H15N3O2S. The van der Waals surface area contributed by atoms with Gasteiger partial charge in [-0.2, -0.15) is 0 Å². The van der Waals surface area contributed by atoms with Gasteiger partial charge in [-0.1, -0.05) is 12.1 Å². The van der Waals surface area contributed by atoms with Gasteiger partial charge in [0.25, 0.3) is 0 Å². The zero-order chi connectivity index (χ0) is 11.3. The number of benzene rings is 1. The minimum absolute atomic E-state index is 0.230. The Morgan fingerprint density at radius 3 is 2.20 bits per heavy atom. The van der Waals surface area contributed by atoms with Crippen molar-refractivity contribution in [2.24, 2.45) is 11.5 Å². The Kier molecular flexibility index (Phi) is 4.22. The number of nitrogens with one attached hydrogen (secondary N) is 1. The first-order valence-electron chi connectivity index (χ1n) is 4.59. The summed E-state index contributed by atoms with van der Waals surface area (Å²) in [6, 6.07) is 6.44. The first-order chi connectivity index (χ1) is 7.10. The van der Waals surface area contributed by atoms with Crippen LogP contribution in [-0.2, 0) is 16.6 Å². The van der Waals surface area contributed by atoms with Crippen LogP contribution >= 0.6 is 0 Å². The summed E-state index contributed by atoms with van der Waals surface area (Å²) in [6.07, 6.45) is 0. The summed E-state index contributed by atoms with van der Waals surface area (Å²) in [7, 11) is -3.42. The topological polar surface area (TPSA) is 98.2 Å². The number of sulfonamides is 1. The Balaban J connectivity index is 2.86. The SMILES string of the molecule is NCCNS(=O)(=O)c1ccc(CN)cc1. The van der Waals surface area contributed by atoms with Crippen LogP contribution in [0.2, 0.25) is 0 Å². The number of hydrogen-bond acceptors (Lipinski definition) is 4. The van der Waals surface area contributed by atoms with Crippen molar-refractivity contribution >= 4 is 10.0 Å². The average molecular weight is 229 g/mol. The molecule has 0 amide bonds. The maximum Gasteiger partial charge on any atom is 0.240 e. The highest BCUT2D eigenvalue weighted by Gasteiger charge is 2.11. The quantitative estimate of drug-likeness (QED) is 0.627. The second-order valence-electron chi connectivity index (χ2n) is 3.03. The molecule has 1 rings (SSSR count). The van der Waals surface area contributed by atoms with E-state index in [1.807, 2.05) is 0 Å². The molecule has 5 N–H and O–H groups in total. The maximum atomic E-state index is 11.6. The standard InChI is InChI=1S/C9H15N3O2S/c10-5-6-12-15(13,14)9-3-1-8(7-11)2-4-9/h1-4,12H,5-7,10-11H2. The van der Waals surface area contributed by atoms with Crippen LogP contribution in [0.1, 0.15) is 5.56 Å². The summed E-state index contributed by atoms with van der Waals surface area (Å²) < 4.78 is 25.6. The monoisotopic (exact) mass is 229 g/mol. The van der Waals surface area contributed by atoms with E-state index in [9.17, 15) is 8.42 Å². The third kappa shape index (κ3) is 3.28. The van der Waals surface area contributed by atoms with Crippen molar-refractivity contribution in [3.05, 3.63) is 29.8 Å². The van der Waals surface area contributed by atoms with E-state index >= 15 is 0 Å². The van der Waals surface area contributed by atoms with Gasteiger partial charge >= 0.3 is 0 Å². The van der Waals surface area contributed by atoms with Crippen LogP contribution in [0, 0.1) is 0 Å². The van der Waals surface area contributed by atoms with E-state index in [4.69, 9.17) is 11.5 Å². The van der Waals surface area contributed by atoms with Crippen LogP contribution in [0.4, 0.5) is 0 Å². The fraction of sp³-hybridized carbons (Fsp3) is 0.333. The largest absolute Gasteiger partial charge is 0.329 e. The van der Waals surface area contributed by atoms with Gasteiger partial charge in [0.2, 0.25) is 10.0 Å². The molecule has 0 aliphatic rings. The summed E-state index contributed by atoms with van der Waals surface area (Å²) >= 11 is 0. The minimum atomic E-state index is -3.42. The molecule has 15 heavy (non-hydrogen) atoms. The lowest BCUT2D eigenvalue weighted by Gasteiger charge is -2.05. The molecule has 0 atom stereocenters. The van der Waals surface area contributed by atoms with Crippen molar-refractivity contribution in [3.63, 3.8) is 0 Å². The Morgan fingerprint density at radius 2 is 1.73 bits per heavy atom. The Hall–Kier alpha value is -0.950. The van der Waals surface area contributed by atoms with Crippen LogP contribution in [0.25, 0.3) is 0 Å². The molecule has 1 aromatic carbocycles. The third-order valence-corrected chi connectivity index (χ3v) is 3.38. The Labute approximate surface area is 89.5 Å². The molecule has 6 heteroatoms. The highest BCUT2D eigenvalue weighted by Crippen LogP contribution is 2.09. The van der Waals surface area contributed by atoms with Crippen LogP contribution in [-0.4, -0.2) is 21.5 Å². The van der Waals surface area contributed by atoms with Gasteiger partial charge in [0.05, 0.1) is 4.90 Å². The highest BCUT2D eigenvalue weighted by atomic mass is 32.2. The zero-order valence-corrected chi connectivity index (χ0v) is 9.13. The van der Waals surface area contributed by atoms with Gasteiger partial charge in [0, 0.05) is 19.6 Å². The lowest BCUT2D eigenvalue weighted by atomic mass is 10.2. The second kappa shape index (κ2) is 5.22. The molecule has 0 aromatic heterocycles. The molecule has 0 saturated heterocycles. The van der Waals surface area contributed by atoms with E-state index in [0.717, 1.165) is 5.56 Å². The predicted molar refractivity (Wildman–Crippen MR) is 58.6 cm³/mol. The molecule has 1 aromatic rings. The fourth-order valence-corrected chi connectivity index (χ4v) is 2.13. The second-order valence-corrected chi connectivity index (χ2v) is 4.80. The van der Waals surface area contributed by atoms with Crippen molar-refractivity contribution in [2.45, 2.75) is 11.4 Å². The van der Waals surface area contributed by atoms with Gasteiger partial charge in [-0.15, -0.1) is 0 Å². The van der Waals surface area contributed by atoms with Crippen LogP contribution in [0.5, 0.6) is 0 Å². The van der Waals surface area contributed by atoms with Gasteiger partial charge in [-0.25, -0.2) is 13.1 Å². The summed E-state index contributed by atoms with van der Waals surface area (Å²) in [4.78, 5) is 0.230. The van der Waals surface area contributed by atoms with E-state index in [2.05, 4.69) is 4.72 Å². The summed E-state index contributed by atoms with van der Waals surface area (Å²) in [5, 5.41) is 0. The van der Waals surface area contributed by atoms with Crippen molar-refractivity contribution in [1.29, 1.82) is 0 Å². The van der Waals surface area contributed by atoms with E-state index in [1.165, 1.54) is 12.1 Å². The van der Waals surface area contributed by atoms with Gasteiger partial charge in [-0.05, 0) is 17.7 Å². The highest BCUT2D eigenvalue weighted by molar-refractivity contribution is 7.89. The van der Waals surface area contributed by atoms with Crippen molar-refractivity contribution < 1.29 is 8.42 Å². The molecule has 5 nitrogen and oxygen atoms in total. The van der Waals surface area contributed by atoms with E-state index in [1.54, 1.807) is 12.1 Å². The smallest absolute Gasteiger partial charge is 0.240 e. The molecular weight excluding hydrogens is 214 g/mol. The van der Waals surface area contributed by atoms with Crippen LogP contribution < -0.4 is 16.2 Å². The molecule has 0 unspecified atom stereocenters. The molecule has 0 fully saturated rings. The predicted octanol–water partition coefficient (Wildman–Crippen LogP) is -0.618. The molecule has 0 radical (unpaired) electrons. The van der Waals surface area contributed by atoms with Crippen LogP contribution in [0.15, 0.2) is 29.2 Å². The molecule has 0 bridgehead atoms. The molecule has 0 aliphatic heterocycles. The average Bonchev–Trinajstić information content (AvgIpc) is 2.26. The van der Waals surface area contributed by atoms with E-state index in [0.29, 0.717) is 6.54 Å². The maximum absolute atomic E-state index is 11.6. The van der Waals surface area contributed by atoms with E-state index < -0.39 is 10.0 Å². The van der Waals surface area contributed by atoms with E-state index in [-0.39, 0.29) is 18.0 Å². The summed E-state index contributed by atoms with van der Waals surface area (Å²) in [5.74, 6) is 0. The number of rotatable bonds is 5. The molecule has 0 heterocycles. The van der Waals surface area contributed by atoms with Gasteiger partial charge < -0.3 is 11.5 Å². The molecule has 84 valence electrons. The number of nitrogens with two attached hydrogens (primary N) is 2. The van der Waals surface area contributed by atoms with Crippen molar-refractivity contribution in [3.8, 4) is 0 Å². The van der Waals surface area contributed by atoms with Gasteiger partial charge in [0.1, 0.15) is 0 Å². The lowest BCUT2D eigenvalue weighted by molar-refractivity contribution is 0.582. The third-order valence-electron chi connectivity index (χ3n) is 1.91. The Morgan fingerprint density at radius 1 is 1.13 bits per heavy atom. The molecule has 0 aliphatic carbocycles. The molecule has 0 saturated carbocycles. The molecule has 0 spiro atoms. The van der Waals surface area contributed by atoms with Crippen molar-refractivity contribution in [1.82, 2.24) is 4.72 Å². The normalized spacial score (nSPS) is 11.6. The van der Waals surface area contributed by atoms with Crippen molar-refractivity contribution in [2.75, 3.05) is 13.1 Å². The minimum Gasteiger partial charge on any atom is -0.329 e. The fourth-order valence-electron chi connectivity index (χ4n) is 1.08. The lowest BCUT2D eigenvalue weighted by Crippen LogP contribution is -2.29. The zero-order valence-electron chi connectivity index (χ0n) is 8.31.